The van der Waals surface area contributed by atoms with Gasteiger partial charge in [0.2, 0.25) is 0 Å². The van der Waals surface area contributed by atoms with Gasteiger partial charge in [0.1, 0.15) is 12.0 Å². The van der Waals surface area contributed by atoms with Gasteiger partial charge in [-0.05, 0) is 19.1 Å². The fourth-order valence-electron chi connectivity index (χ4n) is 2.76. The minimum absolute atomic E-state index is 0.637. The maximum atomic E-state index is 6.20. The highest BCUT2D eigenvalue weighted by Crippen LogP contribution is 2.27. The molecule has 2 heterocycles. The lowest BCUT2D eigenvalue weighted by Crippen LogP contribution is -2.47. The van der Waals surface area contributed by atoms with Crippen LogP contribution in [0.25, 0.3) is 0 Å². The van der Waals surface area contributed by atoms with Gasteiger partial charge in [0.25, 0.3) is 0 Å². The molecule has 3 N–H and O–H groups in total. The fourth-order valence-corrected chi connectivity index (χ4v) is 2.76. The minimum atomic E-state index is 0.637. The largest absolute Gasteiger partial charge is 0.393 e. The van der Waals surface area contributed by atoms with Crippen molar-refractivity contribution in [1.82, 2.24) is 9.97 Å². The number of nitrogens with two attached hydrogens (primary N) is 1. The summed E-state index contributed by atoms with van der Waals surface area (Å²) in [7, 11) is 0. The Balaban J connectivity index is 1.70. The highest BCUT2D eigenvalue weighted by molar-refractivity contribution is 5.75. The molecule has 0 spiro atoms. The Kier molecular flexibility index (Phi) is 4.27. The first-order chi connectivity index (χ1) is 10.8. The van der Waals surface area contributed by atoms with Crippen molar-refractivity contribution in [1.29, 1.82) is 0 Å². The van der Waals surface area contributed by atoms with Crippen LogP contribution in [0.4, 0.5) is 23.0 Å². The Morgan fingerprint density at radius 3 is 2.41 bits per heavy atom. The smallest absolute Gasteiger partial charge is 0.157 e. The summed E-state index contributed by atoms with van der Waals surface area (Å²) in [6.45, 7) is 6.56. The second-order valence-corrected chi connectivity index (χ2v) is 5.30. The van der Waals surface area contributed by atoms with Gasteiger partial charge in [-0.1, -0.05) is 18.2 Å². The predicted octanol–water partition coefficient (Wildman–Crippen LogP) is 1.82. The van der Waals surface area contributed by atoms with E-state index >= 15 is 0 Å². The number of para-hydroxylation sites is 1. The summed E-state index contributed by atoms with van der Waals surface area (Å²) < 4.78 is 0. The van der Waals surface area contributed by atoms with E-state index in [1.807, 2.05) is 13.0 Å². The van der Waals surface area contributed by atoms with Gasteiger partial charge in [0.05, 0.1) is 0 Å². The van der Waals surface area contributed by atoms with Crippen molar-refractivity contribution in [2.24, 2.45) is 0 Å². The molecule has 116 valence electrons. The van der Waals surface area contributed by atoms with Crippen LogP contribution in [0.2, 0.25) is 0 Å². The molecule has 1 aromatic heterocycles. The monoisotopic (exact) mass is 298 g/mol. The summed E-state index contributed by atoms with van der Waals surface area (Å²) in [6, 6.07) is 10.5. The van der Waals surface area contributed by atoms with Crippen molar-refractivity contribution in [3.8, 4) is 0 Å². The van der Waals surface area contributed by atoms with E-state index in [-0.39, 0.29) is 0 Å². The van der Waals surface area contributed by atoms with Crippen LogP contribution in [-0.4, -0.2) is 42.7 Å². The molecule has 6 nitrogen and oxygen atoms in total. The van der Waals surface area contributed by atoms with Gasteiger partial charge in [-0.3, -0.25) is 0 Å². The van der Waals surface area contributed by atoms with Crippen molar-refractivity contribution < 1.29 is 0 Å². The Bertz CT molecular complexity index is 607. The molecule has 1 saturated heterocycles. The van der Waals surface area contributed by atoms with Gasteiger partial charge in [0.15, 0.2) is 11.6 Å². The van der Waals surface area contributed by atoms with Crippen LogP contribution in [0.15, 0.2) is 36.7 Å². The Labute approximate surface area is 131 Å². The van der Waals surface area contributed by atoms with E-state index in [4.69, 9.17) is 5.73 Å². The molecule has 6 heteroatoms. The van der Waals surface area contributed by atoms with Crippen molar-refractivity contribution in [3.63, 3.8) is 0 Å². The normalized spacial score (nSPS) is 15.0. The topological polar surface area (TPSA) is 70.3 Å². The number of anilines is 4. The SMILES string of the molecule is CCNc1ncnc(N2CCN(c3ccccc3)CC2)c1N. The van der Waals surface area contributed by atoms with E-state index in [0.29, 0.717) is 5.69 Å². The lowest BCUT2D eigenvalue weighted by molar-refractivity contribution is 0.647. The first-order valence-electron chi connectivity index (χ1n) is 7.69. The van der Waals surface area contributed by atoms with E-state index in [0.717, 1.165) is 44.4 Å². The highest BCUT2D eigenvalue weighted by atomic mass is 15.3. The number of nitrogens with one attached hydrogen (secondary N) is 1. The maximum Gasteiger partial charge on any atom is 0.157 e. The van der Waals surface area contributed by atoms with Crippen molar-refractivity contribution in [2.75, 3.05) is 53.6 Å². The summed E-state index contributed by atoms with van der Waals surface area (Å²) >= 11 is 0. The Morgan fingerprint density at radius 2 is 1.73 bits per heavy atom. The highest BCUT2D eigenvalue weighted by Gasteiger charge is 2.21. The molecular formula is C16H22N6. The van der Waals surface area contributed by atoms with Gasteiger partial charge in [-0.15, -0.1) is 0 Å². The molecule has 22 heavy (non-hydrogen) atoms. The number of aromatic nitrogens is 2. The number of piperazine rings is 1. The quantitative estimate of drug-likeness (QED) is 0.897. The number of rotatable bonds is 4. The third-order valence-electron chi connectivity index (χ3n) is 3.91. The van der Waals surface area contributed by atoms with Crippen LogP contribution < -0.4 is 20.9 Å². The first-order valence-corrected chi connectivity index (χ1v) is 7.69. The molecule has 3 rings (SSSR count). The van der Waals surface area contributed by atoms with Crippen LogP contribution in [0.5, 0.6) is 0 Å². The van der Waals surface area contributed by atoms with Gasteiger partial charge < -0.3 is 20.9 Å². The van der Waals surface area contributed by atoms with Crippen molar-refractivity contribution in [2.45, 2.75) is 6.92 Å². The summed E-state index contributed by atoms with van der Waals surface area (Å²) in [6.07, 6.45) is 1.58. The summed E-state index contributed by atoms with van der Waals surface area (Å²) in [4.78, 5) is 13.2. The molecule has 0 aliphatic carbocycles. The number of nitrogens with zero attached hydrogens (tertiary/aromatic N) is 4. The summed E-state index contributed by atoms with van der Waals surface area (Å²) in [5.41, 5.74) is 8.11. The molecule has 1 fully saturated rings. The second-order valence-electron chi connectivity index (χ2n) is 5.30. The third-order valence-corrected chi connectivity index (χ3v) is 3.91. The van der Waals surface area contributed by atoms with E-state index < -0.39 is 0 Å². The molecule has 0 bridgehead atoms. The van der Waals surface area contributed by atoms with E-state index in [2.05, 4.69) is 49.4 Å². The van der Waals surface area contributed by atoms with Crippen molar-refractivity contribution >= 4 is 23.0 Å². The Morgan fingerprint density at radius 1 is 1.05 bits per heavy atom. The average molecular weight is 298 g/mol. The zero-order valence-electron chi connectivity index (χ0n) is 12.9. The molecule has 0 radical (unpaired) electrons. The molecule has 2 aromatic rings. The van der Waals surface area contributed by atoms with Gasteiger partial charge in [-0.2, -0.15) is 0 Å². The third kappa shape index (κ3) is 2.90. The lowest BCUT2D eigenvalue weighted by Gasteiger charge is -2.37. The molecular weight excluding hydrogens is 276 g/mol. The average Bonchev–Trinajstić information content (AvgIpc) is 2.58. The van der Waals surface area contributed by atoms with Crippen molar-refractivity contribution in [3.05, 3.63) is 36.7 Å². The first kappa shape index (κ1) is 14.4. The number of benzene rings is 1. The van der Waals surface area contributed by atoms with Gasteiger partial charge in [0, 0.05) is 38.4 Å². The summed E-state index contributed by atoms with van der Waals surface area (Å²) in [5, 5.41) is 3.18. The molecule has 0 saturated carbocycles. The zero-order chi connectivity index (χ0) is 15.4. The van der Waals surface area contributed by atoms with Crippen LogP contribution in [-0.2, 0) is 0 Å². The number of nitrogen functional groups attached to an aromatic ring is 1. The molecule has 0 unspecified atom stereocenters. The molecule has 0 atom stereocenters. The molecule has 1 aromatic carbocycles. The van der Waals surface area contributed by atoms with Crippen LogP contribution >= 0.6 is 0 Å². The molecule has 0 amide bonds. The standard InChI is InChI=1S/C16H22N6/c1-2-18-15-14(17)16(20-12-19-15)22-10-8-21(9-11-22)13-6-4-3-5-7-13/h3-7,12H,2,8-11,17H2,1H3,(H,18,19,20). The lowest BCUT2D eigenvalue weighted by atomic mass is 10.2. The zero-order valence-corrected chi connectivity index (χ0v) is 12.9. The van der Waals surface area contributed by atoms with E-state index in [9.17, 15) is 0 Å². The summed E-state index contributed by atoms with van der Waals surface area (Å²) in [5.74, 6) is 1.55. The van der Waals surface area contributed by atoms with Crippen LogP contribution in [0, 0.1) is 0 Å². The van der Waals surface area contributed by atoms with E-state index in [1.165, 1.54) is 5.69 Å². The van der Waals surface area contributed by atoms with Gasteiger partial charge >= 0.3 is 0 Å². The maximum absolute atomic E-state index is 6.20. The molecule has 1 aliphatic heterocycles. The van der Waals surface area contributed by atoms with E-state index in [1.54, 1.807) is 6.33 Å². The predicted molar refractivity (Wildman–Crippen MR) is 91.5 cm³/mol. The van der Waals surface area contributed by atoms with Crippen LogP contribution in [0.1, 0.15) is 6.92 Å². The second kappa shape index (κ2) is 6.51. The fraction of sp³-hybridized carbons (Fsp3) is 0.375. The number of hydrogen-bond donors (Lipinski definition) is 2. The molecule has 1 aliphatic rings. The van der Waals surface area contributed by atoms with Gasteiger partial charge in [-0.25, -0.2) is 9.97 Å². The van der Waals surface area contributed by atoms with Crippen LogP contribution in [0.3, 0.4) is 0 Å². The Hall–Kier alpha value is -2.50. The minimum Gasteiger partial charge on any atom is -0.393 e. The number of hydrogen-bond acceptors (Lipinski definition) is 6.